The highest BCUT2D eigenvalue weighted by molar-refractivity contribution is 5.64. The minimum atomic E-state index is -0.704. The number of primary amides is 1. The van der Waals surface area contributed by atoms with Crippen LogP contribution in [0.1, 0.15) is 18.1 Å². The Morgan fingerprint density at radius 3 is 2.50 bits per heavy atom. The van der Waals surface area contributed by atoms with Gasteiger partial charge in [-0.3, -0.25) is 4.90 Å². The number of nitrogens with two attached hydrogens (primary N) is 1. The van der Waals surface area contributed by atoms with Crippen LogP contribution in [0.25, 0.3) is 0 Å². The number of benzene rings is 1. The molecule has 0 unspecified atom stereocenters. The summed E-state index contributed by atoms with van der Waals surface area (Å²) in [4.78, 5) is 12.8. The zero-order valence-corrected chi connectivity index (χ0v) is 9.35. The Kier molecular flexibility index (Phi) is 3.10. The quantitative estimate of drug-likeness (QED) is 0.839. The van der Waals surface area contributed by atoms with Gasteiger partial charge in [-0.05, 0) is 18.1 Å². The van der Waals surface area contributed by atoms with Crippen LogP contribution in [0.15, 0.2) is 24.3 Å². The maximum absolute atomic E-state index is 10.6. The van der Waals surface area contributed by atoms with Crippen molar-refractivity contribution < 1.29 is 9.53 Å². The summed E-state index contributed by atoms with van der Waals surface area (Å²) >= 11 is 0. The van der Waals surface area contributed by atoms with Gasteiger partial charge >= 0.3 is 6.09 Å². The predicted molar refractivity (Wildman–Crippen MR) is 60.7 cm³/mol. The molecule has 0 fully saturated rings. The fraction of sp³-hybridized carbons (Fsp3) is 0.417. The van der Waals surface area contributed by atoms with Gasteiger partial charge in [-0.15, -0.1) is 0 Å². The van der Waals surface area contributed by atoms with Crippen molar-refractivity contribution in [1.82, 2.24) is 4.90 Å². The molecular weight excluding hydrogens is 204 g/mol. The molecule has 0 bridgehead atoms. The zero-order chi connectivity index (χ0) is 11.5. The number of hydrogen-bond donors (Lipinski definition) is 1. The summed E-state index contributed by atoms with van der Waals surface area (Å²) in [7, 11) is 0. The molecule has 0 radical (unpaired) electrons. The van der Waals surface area contributed by atoms with Crippen LogP contribution in [0.4, 0.5) is 4.79 Å². The van der Waals surface area contributed by atoms with Crippen molar-refractivity contribution in [3.05, 3.63) is 35.4 Å². The monoisotopic (exact) mass is 220 g/mol. The van der Waals surface area contributed by atoms with Crippen molar-refractivity contribution in [2.24, 2.45) is 5.73 Å². The normalized spacial score (nSPS) is 16.8. The van der Waals surface area contributed by atoms with E-state index in [4.69, 9.17) is 10.5 Å². The van der Waals surface area contributed by atoms with Crippen LogP contribution in [-0.4, -0.2) is 23.6 Å². The molecule has 2 N–H and O–H groups in total. The van der Waals surface area contributed by atoms with E-state index in [0.717, 1.165) is 19.6 Å². The van der Waals surface area contributed by atoms with Gasteiger partial charge in [-0.2, -0.15) is 0 Å². The SMILES string of the molecule is C[C@H](CN1Cc2ccccc2C1)OC(N)=O. The second-order valence-electron chi connectivity index (χ2n) is 4.19. The lowest BCUT2D eigenvalue weighted by Crippen LogP contribution is -2.31. The van der Waals surface area contributed by atoms with E-state index in [9.17, 15) is 4.79 Å². The number of amides is 1. The Hall–Kier alpha value is -1.55. The third-order valence-electron chi connectivity index (χ3n) is 2.74. The third-order valence-corrected chi connectivity index (χ3v) is 2.74. The molecule has 86 valence electrons. The molecular formula is C12H16N2O2. The van der Waals surface area contributed by atoms with Gasteiger partial charge in [0.1, 0.15) is 6.10 Å². The van der Waals surface area contributed by atoms with Crippen molar-refractivity contribution in [3.63, 3.8) is 0 Å². The van der Waals surface area contributed by atoms with Crippen molar-refractivity contribution in [2.75, 3.05) is 6.54 Å². The maximum atomic E-state index is 10.6. The molecule has 4 nitrogen and oxygen atoms in total. The lowest BCUT2D eigenvalue weighted by Gasteiger charge is -2.19. The van der Waals surface area contributed by atoms with Gasteiger partial charge in [0, 0.05) is 19.6 Å². The topological polar surface area (TPSA) is 55.6 Å². The minimum Gasteiger partial charge on any atom is -0.445 e. The molecule has 1 aliphatic rings. The van der Waals surface area contributed by atoms with Crippen molar-refractivity contribution >= 4 is 6.09 Å². The summed E-state index contributed by atoms with van der Waals surface area (Å²) in [6, 6.07) is 8.36. The Labute approximate surface area is 95.0 Å². The van der Waals surface area contributed by atoms with E-state index in [1.165, 1.54) is 11.1 Å². The molecule has 0 saturated heterocycles. The van der Waals surface area contributed by atoms with Crippen LogP contribution in [0.2, 0.25) is 0 Å². The van der Waals surface area contributed by atoms with Crippen molar-refractivity contribution in [1.29, 1.82) is 0 Å². The van der Waals surface area contributed by atoms with E-state index in [1.807, 2.05) is 19.1 Å². The highest BCUT2D eigenvalue weighted by Gasteiger charge is 2.20. The lowest BCUT2D eigenvalue weighted by molar-refractivity contribution is 0.0859. The number of nitrogens with zero attached hydrogens (tertiary/aromatic N) is 1. The summed E-state index contributed by atoms with van der Waals surface area (Å²) < 4.78 is 4.91. The number of ether oxygens (including phenoxy) is 1. The zero-order valence-electron chi connectivity index (χ0n) is 9.35. The van der Waals surface area contributed by atoms with E-state index in [1.54, 1.807) is 0 Å². The summed E-state index contributed by atoms with van der Waals surface area (Å²) in [5.74, 6) is 0. The molecule has 1 aliphatic heterocycles. The summed E-state index contributed by atoms with van der Waals surface area (Å²) in [5.41, 5.74) is 7.68. The Bertz CT molecular complexity index is 367. The first kappa shape index (κ1) is 11.0. The standard InChI is InChI=1S/C12H16N2O2/c1-9(16-12(13)15)6-14-7-10-4-2-3-5-11(10)8-14/h2-5,9H,6-8H2,1H3,(H2,13,15)/t9-/m1/s1. The summed E-state index contributed by atoms with van der Waals surface area (Å²) in [6.45, 7) is 4.41. The predicted octanol–water partition coefficient (Wildman–Crippen LogP) is 1.49. The average molecular weight is 220 g/mol. The van der Waals surface area contributed by atoms with E-state index >= 15 is 0 Å². The number of carbonyl (C=O) groups excluding carboxylic acids is 1. The fourth-order valence-electron chi connectivity index (χ4n) is 2.13. The second kappa shape index (κ2) is 4.53. The van der Waals surface area contributed by atoms with Gasteiger partial charge in [0.05, 0.1) is 0 Å². The second-order valence-corrected chi connectivity index (χ2v) is 4.19. The smallest absolute Gasteiger partial charge is 0.404 e. The van der Waals surface area contributed by atoms with Gasteiger partial charge in [0.15, 0.2) is 0 Å². The van der Waals surface area contributed by atoms with Crippen LogP contribution in [0, 0.1) is 0 Å². The van der Waals surface area contributed by atoms with Gasteiger partial charge in [0.25, 0.3) is 0 Å². The van der Waals surface area contributed by atoms with Gasteiger partial charge in [-0.25, -0.2) is 4.79 Å². The molecule has 1 aromatic rings. The van der Waals surface area contributed by atoms with E-state index in [0.29, 0.717) is 0 Å². The van der Waals surface area contributed by atoms with E-state index in [-0.39, 0.29) is 6.10 Å². The molecule has 1 atom stereocenters. The molecule has 16 heavy (non-hydrogen) atoms. The molecule has 1 aromatic carbocycles. The molecule has 0 saturated carbocycles. The lowest BCUT2D eigenvalue weighted by atomic mass is 10.1. The number of hydrogen-bond acceptors (Lipinski definition) is 3. The fourth-order valence-corrected chi connectivity index (χ4v) is 2.13. The number of carbonyl (C=O) groups is 1. The molecule has 1 heterocycles. The van der Waals surface area contributed by atoms with Crippen LogP contribution < -0.4 is 5.73 Å². The molecule has 0 aliphatic carbocycles. The first-order valence-electron chi connectivity index (χ1n) is 5.40. The first-order chi connectivity index (χ1) is 7.65. The minimum absolute atomic E-state index is 0.160. The Morgan fingerprint density at radius 2 is 2.00 bits per heavy atom. The largest absolute Gasteiger partial charge is 0.445 e. The van der Waals surface area contributed by atoms with Gasteiger partial charge in [0.2, 0.25) is 0 Å². The Morgan fingerprint density at radius 1 is 1.44 bits per heavy atom. The Balaban J connectivity index is 1.89. The van der Waals surface area contributed by atoms with Crippen molar-refractivity contribution in [2.45, 2.75) is 26.1 Å². The van der Waals surface area contributed by atoms with Crippen LogP contribution in [0.3, 0.4) is 0 Å². The van der Waals surface area contributed by atoms with Crippen LogP contribution >= 0.6 is 0 Å². The molecule has 0 aromatic heterocycles. The third kappa shape index (κ3) is 2.52. The first-order valence-corrected chi connectivity index (χ1v) is 5.40. The molecule has 4 heteroatoms. The molecule has 2 rings (SSSR count). The maximum Gasteiger partial charge on any atom is 0.404 e. The van der Waals surface area contributed by atoms with E-state index < -0.39 is 6.09 Å². The van der Waals surface area contributed by atoms with Gasteiger partial charge < -0.3 is 10.5 Å². The molecule has 0 spiro atoms. The van der Waals surface area contributed by atoms with Crippen LogP contribution in [0.5, 0.6) is 0 Å². The molecule has 1 amide bonds. The number of rotatable bonds is 3. The highest BCUT2D eigenvalue weighted by Crippen LogP contribution is 2.22. The summed E-state index contributed by atoms with van der Waals surface area (Å²) in [6.07, 6.45) is -0.865. The highest BCUT2D eigenvalue weighted by atomic mass is 16.6. The summed E-state index contributed by atoms with van der Waals surface area (Å²) in [5, 5.41) is 0. The van der Waals surface area contributed by atoms with E-state index in [2.05, 4.69) is 17.0 Å². The van der Waals surface area contributed by atoms with Gasteiger partial charge in [-0.1, -0.05) is 24.3 Å². The van der Waals surface area contributed by atoms with Crippen LogP contribution in [-0.2, 0) is 17.8 Å². The number of fused-ring (bicyclic) bond motifs is 1. The van der Waals surface area contributed by atoms with Crippen molar-refractivity contribution in [3.8, 4) is 0 Å². The average Bonchev–Trinajstić information content (AvgIpc) is 2.57.